The quantitative estimate of drug-likeness (QED) is 0.678. The zero-order chi connectivity index (χ0) is 13.8. The summed E-state index contributed by atoms with van der Waals surface area (Å²) in [6.45, 7) is 2.23. The fourth-order valence-electron chi connectivity index (χ4n) is 1.68. The van der Waals surface area contributed by atoms with Crippen LogP contribution in [-0.2, 0) is 9.59 Å². The Balaban J connectivity index is 2.16. The van der Waals surface area contributed by atoms with Crippen LogP contribution in [0.15, 0.2) is 12.4 Å². The third-order valence-electron chi connectivity index (χ3n) is 2.45. The second kappa shape index (κ2) is 5.42. The van der Waals surface area contributed by atoms with Gasteiger partial charge in [0.05, 0.1) is 12.4 Å². The number of hydrogen-bond donors (Lipinski definition) is 2. The van der Waals surface area contributed by atoms with Crippen molar-refractivity contribution in [2.24, 2.45) is 0 Å². The molecule has 1 aromatic heterocycles. The number of nitrogens with zero attached hydrogens (tertiary/aromatic N) is 3. The monoisotopic (exact) mass is 263 g/mol. The topological polar surface area (TPSA) is 104 Å². The Labute approximate surface area is 109 Å². The fourth-order valence-corrected chi connectivity index (χ4v) is 1.68. The molecule has 0 saturated carbocycles. The van der Waals surface area contributed by atoms with E-state index in [2.05, 4.69) is 20.6 Å². The summed E-state index contributed by atoms with van der Waals surface area (Å²) in [5.74, 6) is -1.02. The first-order valence-corrected chi connectivity index (χ1v) is 5.78. The summed E-state index contributed by atoms with van der Waals surface area (Å²) in [5.41, 5.74) is 0.0981. The molecule has 2 N–H and O–H groups in total. The van der Waals surface area contributed by atoms with Crippen LogP contribution < -0.4 is 10.6 Å². The Hall–Kier alpha value is -2.51. The van der Waals surface area contributed by atoms with Crippen molar-refractivity contribution in [3.8, 4) is 0 Å². The van der Waals surface area contributed by atoms with E-state index in [1.807, 2.05) is 6.92 Å². The van der Waals surface area contributed by atoms with E-state index in [0.29, 0.717) is 12.4 Å². The van der Waals surface area contributed by atoms with Crippen LogP contribution in [0.25, 0.3) is 0 Å². The smallest absolute Gasteiger partial charge is 0.275 e. The Morgan fingerprint density at radius 2 is 2.05 bits per heavy atom. The van der Waals surface area contributed by atoms with E-state index in [1.54, 1.807) is 0 Å². The second-order valence-electron chi connectivity index (χ2n) is 3.95. The van der Waals surface area contributed by atoms with Crippen molar-refractivity contribution in [2.75, 3.05) is 25.0 Å². The van der Waals surface area contributed by atoms with Crippen LogP contribution in [0.1, 0.15) is 17.4 Å². The molecule has 0 aromatic carbocycles. The Bertz CT molecular complexity index is 515. The highest BCUT2D eigenvalue weighted by Gasteiger charge is 2.28. The normalized spacial score (nSPS) is 15.1. The lowest BCUT2D eigenvalue weighted by Gasteiger charge is -2.24. The first-order valence-electron chi connectivity index (χ1n) is 5.78. The Morgan fingerprint density at radius 1 is 1.37 bits per heavy atom. The lowest BCUT2D eigenvalue weighted by molar-refractivity contribution is -0.135. The molecule has 0 atom stereocenters. The summed E-state index contributed by atoms with van der Waals surface area (Å²) in [5, 5.41) is 5.06. The first kappa shape index (κ1) is 12.9. The van der Waals surface area contributed by atoms with Crippen molar-refractivity contribution in [1.29, 1.82) is 0 Å². The van der Waals surface area contributed by atoms with E-state index in [-0.39, 0.29) is 18.8 Å². The van der Waals surface area contributed by atoms with Gasteiger partial charge in [0.1, 0.15) is 24.6 Å². The molecule has 2 heterocycles. The molecule has 3 amide bonds. The number of anilines is 1. The predicted molar refractivity (Wildman–Crippen MR) is 65.2 cm³/mol. The molecule has 1 saturated heterocycles. The maximum Gasteiger partial charge on any atom is 0.275 e. The van der Waals surface area contributed by atoms with Gasteiger partial charge in [0, 0.05) is 6.54 Å². The molecular weight excluding hydrogens is 250 g/mol. The van der Waals surface area contributed by atoms with Crippen LogP contribution >= 0.6 is 0 Å². The van der Waals surface area contributed by atoms with Crippen molar-refractivity contribution in [1.82, 2.24) is 20.2 Å². The number of carbonyl (C=O) groups is 3. The second-order valence-corrected chi connectivity index (χ2v) is 3.95. The van der Waals surface area contributed by atoms with Gasteiger partial charge in [-0.15, -0.1) is 0 Å². The van der Waals surface area contributed by atoms with Crippen molar-refractivity contribution in [2.45, 2.75) is 6.92 Å². The van der Waals surface area contributed by atoms with E-state index >= 15 is 0 Å². The molecule has 0 unspecified atom stereocenters. The maximum atomic E-state index is 12.1. The lowest BCUT2D eigenvalue weighted by atomic mass is 10.3. The number of nitrogens with one attached hydrogen (secondary N) is 2. The summed E-state index contributed by atoms with van der Waals surface area (Å²) >= 11 is 0. The van der Waals surface area contributed by atoms with Crippen LogP contribution in [0.2, 0.25) is 0 Å². The third kappa shape index (κ3) is 3.03. The number of imide groups is 1. The molecule has 1 fully saturated rings. The van der Waals surface area contributed by atoms with E-state index in [0.717, 1.165) is 4.90 Å². The molecule has 1 aliphatic heterocycles. The van der Waals surface area contributed by atoms with Gasteiger partial charge < -0.3 is 10.2 Å². The van der Waals surface area contributed by atoms with Crippen LogP contribution in [-0.4, -0.2) is 52.2 Å². The highest BCUT2D eigenvalue weighted by Crippen LogP contribution is 2.06. The molecule has 0 radical (unpaired) electrons. The minimum Gasteiger partial charge on any atom is -0.369 e. The summed E-state index contributed by atoms with van der Waals surface area (Å²) in [7, 11) is 0. The molecule has 100 valence electrons. The largest absolute Gasteiger partial charge is 0.369 e. The van der Waals surface area contributed by atoms with Gasteiger partial charge in [0.2, 0.25) is 11.8 Å². The van der Waals surface area contributed by atoms with Gasteiger partial charge in [-0.3, -0.25) is 24.7 Å². The van der Waals surface area contributed by atoms with E-state index in [4.69, 9.17) is 0 Å². The van der Waals surface area contributed by atoms with Crippen LogP contribution in [0.5, 0.6) is 0 Å². The number of aromatic nitrogens is 2. The minimum absolute atomic E-state index is 0.0981. The van der Waals surface area contributed by atoms with E-state index < -0.39 is 17.7 Å². The zero-order valence-corrected chi connectivity index (χ0v) is 10.3. The van der Waals surface area contributed by atoms with Gasteiger partial charge in [0.25, 0.3) is 5.91 Å². The summed E-state index contributed by atoms with van der Waals surface area (Å²) in [6, 6.07) is 0. The molecular formula is C11H13N5O3. The molecule has 0 aliphatic carbocycles. The molecule has 0 spiro atoms. The van der Waals surface area contributed by atoms with E-state index in [1.165, 1.54) is 12.4 Å². The van der Waals surface area contributed by atoms with Gasteiger partial charge in [-0.2, -0.15) is 0 Å². The van der Waals surface area contributed by atoms with Crippen LogP contribution in [0.4, 0.5) is 5.82 Å². The molecule has 1 aliphatic rings. The van der Waals surface area contributed by atoms with Gasteiger partial charge in [-0.25, -0.2) is 4.98 Å². The summed E-state index contributed by atoms with van der Waals surface area (Å²) in [4.78, 5) is 43.7. The van der Waals surface area contributed by atoms with Crippen molar-refractivity contribution in [3.63, 3.8) is 0 Å². The summed E-state index contributed by atoms with van der Waals surface area (Å²) < 4.78 is 0. The predicted octanol–water partition coefficient (Wildman–Crippen LogP) is -0.993. The van der Waals surface area contributed by atoms with Crippen LogP contribution in [0.3, 0.4) is 0 Å². The zero-order valence-electron chi connectivity index (χ0n) is 10.3. The molecule has 8 nitrogen and oxygen atoms in total. The van der Waals surface area contributed by atoms with Crippen molar-refractivity contribution < 1.29 is 14.4 Å². The van der Waals surface area contributed by atoms with Crippen LogP contribution in [0, 0.1) is 0 Å². The highest BCUT2D eigenvalue weighted by atomic mass is 16.2. The van der Waals surface area contributed by atoms with Gasteiger partial charge in [-0.1, -0.05) is 0 Å². The molecule has 19 heavy (non-hydrogen) atoms. The fraction of sp³-hybridized carbons (Fsp3) is 0.364. The van der Waals surface area contributed by atoms with E-state index in [9.17, 15) is 14.4 Å². The SMILES string of the molecule is CCNc1cncc(C(=O)N2CC(=O)NC(=O)C2)n1. The average molecular weight is 263 g/mol. The number of rotatable bonds is 3. The molecule has 2 rings (SSSR count). The molecule has 8 heteroatoms. The number of hydrogen-bond acceptors (Lipinski definition) is 6. The highest BCUT2D eigenvalue weighted by molar-refractivity contribution is 6.05. The molecule has 1 aromatic rings. The average Bonchev–Trinajstić information content (AvgIpc) is 2.37. The van der Waals surface area contributed by atoms with Crippen molar-refractivity contribution >= 4 is 23.5 Å². The first-order chi connectivity index (χ1) is 9.10. The van der Waals surface area contributed by atoms with Crippen molar-refractivity contribution in [3.05, 3.63) is 18.1 Å². The Kier molecular flexibility index (Phi) is 3.69. The lowest BCUT2D eigenvalue weighted by Crippen LogP contribution is -2.53. The minimum atomic E-state index is -0.500. The van der Waals surface area contributed by atoms with Gasteiger partial charge in [-0.05, 0) is 6.92 Å². The number of carbonyl (C=O) groups excluding carboxylic acids is 3. The molecule has 0 bridgehead atoms. The Morgan fingerprint density at radius 3 is 2.68 bits per heavy atom. The third-order valence-corrected chi connectivity index (χ3v) is 2.45. The van der Waals surface area contributed by atoms with Gasteiger partial charge >= 0.3 is 0 Å². The standard InChI is InChI=1S/C11H13N5O3/c1-2-13-8-4-12-3-7(14-8)11(19)16-5-9(17)15-10(18)6-16/h3-4H,2,5-6H2,1H3,(H,13,14)(H,15,17,18). The summed E-state index contributed by atoms with van der Waals surface area (Å²) in [6.07, 6.45) is 2.80. The number of piperazine rings is 1. The van der Waals surface area contributed by atoms with Gasteiger partial charge in [0.15, 0.2) is 0 Å². The number of amides is 3. The maximum absolute atomic E-state index is 12.1.